The van der Waals surface area contributed by atoms with E-state index in [0.29, 0.717) is 12.2 Å². The molecule has 0 aliphatic carbocycles. The summed E-state index contributed by atoms with van der Waals surface area (Å²) in [5.74, 6) is -0.316. The van der Waals surface area contributed by atoms with Crippen LogP contribution in [-0.4, -0.2) is 17.6 Å². The molecule has 1 heterocycles. The lowest BCUT2D eigenvalue weighted by Gasteiger charge is -2.13. The molecule has 0 spiro atoms. The highest BCUT2D eigenvalue weighted by atomic mass is 16.5. The first-order valence-electron chi connectivity index (χ1n) is 8.27. The fourth-order valence-electron chi connectivity index (χ4n) is 2.61. The van der Waals surface area contributed by atoms with Gasteiger partial charge in [-0.05, 0) is 53.9 Å². The van der Waals surface area contributed by atoms with Crippen LogP contribution in [0.25, 0.3) is 11.1 Å². The molecule has 3 aromatic rings. The molecule has 2 aromatic carbocycles. The average Bonchev–Trinajstić information content (AvgIpc) is 2.68. The van der Waals surface area contributed by atoms with E-state index in [-0.39, 0.29) is 5.97 Å². The molecule has 25 heavy (non-hydrogen) atoms. The number of hydrogen-bond acceptors (Lipinski definition) is 4. The normalized spacial score (nSPS) is 10.3. The Bertz CT molecular complexity index is 833. The van der Waals surface area contributed by atoms with Crippen molar-refractivity contribution in [3.8, 4) is 11.1 Å². The van der Waals surface area contributed by atoms with Crippen LogP contribution in [0.1, 0.15) is 22.8 Å². The Labute approximate surface area is 147 Å². The lowest BCUT2D eigenvalue weighted by Crippen LogP contribution is -2.07. The van der Waals surface area contributed by atoms with Crippen molar-refractivity contribution in [2.75, 3.05) is 11.9 Å². The van der Waals surface area contributed by atoms with Gasteiger partial charge in [-0.2, -0.15) is 0 Å². The SMILES string of the molecule is CCOC(=O)c1ccc(NCc2ccccc2)cc1-c1ccncc1. The largest absolute Gasteiger partial charge is 0.462 e. The third-order valence-corrected chi connectivity index (χ3v) is 3.85. The van der Waals surface area contributed by atoms with Crippen LogP contribution in [0.4, 0.5) is 5.69 Å². The third-order valence-electron chi connectivity index (χ3n) is 3.85. The molecule has 1 aromatic heterocycles. The second-order valence-corrected chi connectivity index (χ2v) is 5.56. The van der Waals surface area contributed by atoms with Gasteiger partial charge in [0.1, 0.15) is 0 Å². The Balaban J connectivity index is 1.90. The van der Waals surface area contributed by atoms with E-state index in [9.17, 15) is 4.79 Å². The monoisotopic (exact) mass is 332 g/mol. The number of aromatic nitrogens is 1. The summed E-state index contributed by atoms with van der Waals surface area (Å²) in [6.45, 7) is 2.87. The van der Waals surface area contributed by atoms with Gasteiger partial charge < -0.3 is 10.1 Å². The highest BCUT2D eigenvalue weighted by Crippen LogP contribution is 2.27. The van der Waals surface area contributed by atoms with Crippen molar-refractivity contribution >= 4 is 11.7 Å². The van der Waals surface area contributed by atoms with E-state index in [1.807, 2.05) is 42.5 Å². The lowest BCUT2D eigenvalue weighted by atomic mass is 9.99. The number of ether oxygens (including phenoxy) is 1. The van der Waals surface area contributed by atoms with E-state index in [0.717, 1.165) is 23.4 Å². The molecule has 0 aliphatic heterocycles. The number of nitrogens with zero attached hydrogens (tertiary/aromatic N) is 1. The maximum atomic E-state index is 12.3. The first-order valence-corrected chi connectivity index (χ1v) is 8.27. The Morgan fingerprint density at radius 3 is 2.52 bits per heavy atom. The van der Waals surface area contributed by atoms with Crippen LogP contribution < -0.4 is 5.32 Å². The van der Waals surface area contributed by atoms with Crippen molar-refractivity contribution in [2.45, 2.75) is 13.5 Å². The van der Waals surface area contributed by atoms with E-state index in [4.69, 9.17) is 4.74 Å². The van der Waals surface area contributed by atoms with Gasteiger partial charge in [-0.3, -0.25) is 4.98 Å². The molecule has 0 radical (unpaired) electrons. The van der Waals surface area contributed by atoms with Crippen LogP contribution in [0.5, 0.6) is 0 Å². The van der Waals surface area contributed by atoms with Crippen LogP contribution in [0.2, 0.25) is 0 Å². The Kier molecular flexibility index (Phi) is 5.42. The molecule has 0 amide bonds. The molecule has 0 saturated heterocycles. The maximum Gasteiger partial charge on any atom is 0.338 e. The van der Waals surface area contributed by atoms with Crippen molar-refractivity contribution in [1.82, 2.24) is 4.98 Å². The average molecular weight is 332 g/mol. The molecule has 4 nitrogen and oxygen atoms in total. The van der Waals surface area contributed by atoms with Crippen LogP contribution in [0, 0.1) is 0 Å². The predicted octanol–water partition coefficient (Wildman–Crippen LogP) is 4.54. The topological polar surface area (TPSA) is 51.2 Å². The van der Waals surface area contributed by atoms with E-state index in [2.05, 4.69) is 22.4 Å². The predicted molar refractivity (Wildman–Crippen MR) is 99.4 cm³/mol. The molecule has 0 fully saturated rings. The summed E-state index contributed by atoms with van der Waals surface area (Å²) in [6.07, 6.45) is 3.43. The Morgan fingerprint density at radius 2 is 1.80 bits per heavy atom. The van der Waals surface area contributed by atoms with Crippen LogP contribution >= 0.6 is 0 Å². The van der Waals surface area contributed by atoms with Crippen molar-refractivity contribution in [3.05, 3.63) is 84.2 Å². The Hall–Kier alpha value is -3.14. The summed E-state index contributed by atoms with van der Waals surface area (Å²) < 4.78 is 5.18. The number of benzene rings is 2. The summed E-state index contributed by atoms with van der Waals surface area (Å²) in [7, 11) is 0. The van der Waals surface area contributed by atoms with Gasteiger partial charge in [0, 0.05) is 24.6 Å². The van der Waals surface area contributed by atoms with Gasteiger partial charge in [-0.25, -0.2) is 4.79 Å². The lowest BCUT2D eigenvalue weighted by molar-refractivity contribution is 0.0527. The fourth-order valence-corrected chi connectivity index (χ4v) is 2.61. The minimum absolute atomic E-state index is 0.316. The van der Waals surface area contributed by atoms with E-state index in [1.54, 1.807) is 25.4 Å². The summed E-state index contributed by atoms with van der Waals surface area (Å²) in [4.78, 5) is 16.3. The molecular weight excluding hydrogens is 312 g/mol. The van der Waals surface area contributed by atoms with Crippen LogP contribution in [-0.2, 0) is 11.3 Å². The smallest absolute Gasteiger partial charge is 0.338 e. The highest BCUT2D eigenvalue weighted by Gasteiger charge is 2.14. The van der Waals surface area contributed by atoms with Crippen molar-refractivity contribution in [3.63, 3.8) is 0 Å². The molecule has 3 rings (SSSR count). The molecule has 0 unspecified atom stereocenters. The van der Waals surface area contributed by atoms with Gasteiger partial charge in [-0.15, -0.1) is 0 Å². The van der Waals surface area contributed by atoms with E-state index < -0.39 is 0 Å². The second kappa shape index (κ2) is 8.11. The van der Waals surface area contributed by atoms with Crippen molar-refractivity contribution in [1.29, 1.82) is 0 Å². The molecule has 0 saturated carbocycles. The number of rotatable bonds is 6. The standard InChI is InChI=1S/C21H20N2O2/c1-2-25-21(24)19-9-8-18(23-15-16-6-4-3-5-7-16)14-20(19)17-10-12-22-13-11-17/h3-14,23H,2,15H2,1H3. The first-order chi connectivity index (χ1) is 12.3. The first kappa shape index (κ1) is 16.7. The maximum absolute atomic E-state index is 12.3. The number of esters is 1. The molecular formula is C21H20N2O2. The second-order valence-electron chi connectivity index (χ2n) is 5.56. The minimum Gasteiger partial charge on any atom is -0.462 e. The van der Waals surface area contributed by atoms with Gasteiger partial charge in [-0.1, -0.05) is 30.3 Å². The summed E-state index contributed by atoms with van der Waals surface area (Å²) in [5, 5.41) is 3.40. The van der Waals surface area contributed by atoms with Crippen LogP contribution in [0.3, 0.4) is 0 Å². The zero-order chi connectivity index (χ0) is 17.5. The summed E-state index contributed by atoms with van der Waals surface area (Å²) >= 11 is 0. The van der Waals surface area contributed by atoms with Crippen molar-refractivity contribution < 1.29 is 9.53 Å². The fraction of sp³-hybridized carbons (Fsp3) is 0.143. The molecule has 0 aliphatic rings. The number of carbonyl (C=O) groups excluding carboxylic acids is 1. The number of pyridine rings is 1. The highest BCUT2D eigenvalue weighted by molar-refractivity contribution is 5.98. The molecule has 126 valence electrons. The number of carbonyl (C=O) groups is 1. The summed E-state index contributed by atoms with van der Waals surface area (Å²) in [6, 6.07) is 19.6. The zero-order valence-electron chi connectivity index (χ0n) is 14.1. The quantitative estimate of drug-likeness (QED) is 0.674. The zero-order valence-corrected chi connectivity index (χ0v) is 14.1. The number of nitrogens with one attached hydrogen (secondary N) is 1. The van der Waals surface area contributed by atoms with Gasteiger partial charge in [0.05, 0.1) is 12.2 Å². The van der Waals surface area contributed by atoms with Gasteiger partial charge in [0.25, 0.3) is 0 Å². The molecule has 0 bridgehead atoms. The minimum atomic E-state index is -0.316. The number of anilines is 1. The Morgan fingerprint density at radius 1 is 1.04 bits per heavy atom. The molecule has 0 atom stereocenters. The van der Waals surface area contributed by atoms with E-state index in [1.165, 1.54) is 5.56 Å². The van der Waals surface area contributed by atoms with Gasteiger partial charge in [0.2, 0.25) is 0 Å². The summed E-state index contributed by atoms with van der Waals surface area (Å²) in [5.41, 5.74) is 4.46. The molecule has 4 heteroatoms. The van der Waals surface area contributed by atoms with E-state index >= 15 is 0 Å². The van der Waals surface area contributed by atoms with Gasteiger partial charge >= 0.3 is 5.97 Å². The van der Waals surface area contributed by atoms with Crippen LogP contribution in [0.15, 0.2) is 73.1 Å². The number of hydrogen-bond donors (Lipinski definition) is 1. The third kappa shape index (κ3) is 4.23. The van der Waals surface area contributed by atoms with Gasteiger partial charge in [0.15, 0.2) is 0 Å². The molecule has 1 N–H and O–H groups in total. The van der Waals surface area contributed by atoms with Crippen molar-refractivity contribution in [2.24, 2.45) is 0 Å².